The number of amides is 1. The van der Waals surface area contributed by atoms with Gasteiger partial charge in [0.25, 0.3) is 0 Å². The Morgan fingerprint density at radius 3 is 2.31 bits per heavy atom. The molecule has 222 valence electrons. The van der Waals surface area contributed by atoms with Crippen molar-refractivity contribution in [1.82, 2.24) is 14.4 Å². The van der Waals surface area contributed by atoms with Crippen molar-refractivity contribution in [3.05, 3.63) is 88.9 Å². The van der Waals surface area contributed by atoms with E-state index in [-0.39, 0.29) is 6.04 Å². The fourth-order valence-electron chi connectivity index (χ4n) is 5.82. The van der Waals surface area contributed by atoms with Crippen LogP contribution in [0.4, 0.5) is 10.5 Å². The van der Waals surface area contributed by atoms with Gasteiger partial charge in [-0.1, -0.05) is 68.4 Å². The number of nitrogens with zero attached hydrogens (tertiary/aromatic N) is 4. The molecular weight excluding hydrogens is 528 g/mol. The largest absolute Gasteiger partial charge is 0.425 e. The molecule has 8 heteroatoms. The number of rotatable bonds is 9. The molecule has 0 radical (unpaired) electrons. The molecule has 1 aromatic heterocycles. The molecule has 1 saturated heterocycles. The maximum Gasteiger partial charge on any atom is 0.423 e. The number of para-hydroxylation sites is 1. The first kappa shape index (κ1) is 29.5. The third-order valence-electron chi connectivity index (χ3n) is 8.17. The van der Waals surface area contributed by atoms with E-state index in [1.54, 1.807) is 18.9 Å². The topological polar surface area (TPSA) is 71.2 Å². The Labute approximate surface area is 248 Å². The van der Waals surface area contributed by atoms with Gasteiger partial charge in [-0.25, -0.2) is 14.2 Å². The zero-order chi connectivity index (χ0) is 29.8. The molecule has 0 saturated carbocycles. The van der Waals surface area contributed by atoms with Crippen LogP contribution in [-0.2, 0) is 11.3 Å². The predicted octanol–water partition coefficient (Wildman–Crippen LogP) is 6.61. The molecule has 3 aromatic carbocycles. The van der Waals surface area contributed by atoms with Crippen molar-refractivity contribution in [2.75, 3.05) is 38.1 Å². The molecule has 4 aromatic rings. The van der Waals surface area contributed by atoms with E-state index in [9.17, 15) is 9.59 Å². The lowest BCUT2D eigenvalue weighted by Crippen LogP contribution is -2.46. The first-order valence-electron chi connectivity index (χ1n) is 14.9. The average Bonchev–Trinajstić information content (AvgIpc) is 3.33. The van der Waals surface area contributed by atoms with E-state index in [1.165, 1.54) is 21.3 Å². The molecule has 0 aliphatic carbocycles. The predicted molar refractivity (Wildman–Crippen MR) is 168 cm³/mol. The van der Waals surface area contributed by atoms with Crippen LogP contribution in [0.5, 0.6) is 0 Å². The van der Waals surface area contributed by atoms with Crippen LogP contribution in [-0.4, -0.2) is 59.7 Å². The van der Waals surface area contributed by atoms with Crippen molar-refractivity contribution in [3.63, 3.8) is 0 Å². The highest BCUT2D eigenvalue weighted by Crippen LogP contribution is 2.29. The number of benzene rings is 3. The highest BCUT2D eigenvalue weighted by atomic mass is 16.6. The second-order valence-electron chi connectivity index (χ2n) is 11.8. The highest BCUT2D eigenvalue weighted by Gasteiger charge is 2.26. The van der Waals surface area contributed by atoms with Gasteiger partial charge in [0.1, 0.15) is 0 Å². The number of carbonyl (C=O) groups excluding carboxylic acids is 1. The van der Waals surface area contributed by atoms with Crippen LogP contribution >= 0.6 is 0 Å². The van der Waals surface area contributed by atoms with Gasteiger partial charge in [0, 0.05) is 45.8 Å². The Hall–Kier alpha value is -4.04. The number of ether oxygens (including phenoxy) is 1. The van der Waals surface area contributed by atoms with Crippen LogP contribution in [0, 0.1) is 5.92 Å². The SMILES string of the molecule is CC(C)CC(C)N(C)C(=O)OC(C)n1c(=O)oc2c(N3CCN(Cc4cccc(-c5ccccc5)c4)CC3)cccc21. The van der Waals surface area contributed by atoms with Crippen molar-refractivity contribution in [2.24, 2.45) is 5.92 Å². The molecule has 2 unspecified atom stereocenters. The maximum atomic E-state index is 13.0. The fraction of sp³-hybridized carbons (Fsp3) is 0.412. The quantitative estimate of drug-likeness (QED) is 0.226. The summed E-state index contributed by atoms with van der Waals surface area (Å²) < 4.78 is 12.9. The van der Waals surface area contributed by atoms with Crippen molar-refractivity contribution in [3.8, 4) is 11.1 Å². The van der Waals surface area contributed by atoms with E-state index in [0.717, 1.165) is 44.8 Å². The average molecular weight is 571 g/mol. The molecule has 8 nitrogen and oxygen atoms in total. The van der Waals surface area contributed by atoms with Crippen LogP contribution in [0.2, 0.25) is 0 Å². The van der Waals surface area contributed by atoms with Gasteiger partial charge in [-0.2, -0.15) is 0 Å². The minimum atomic E-state index is -0.807. The molecule has 42 heavy (non-hydrogen) atoms. The number of hydrogen-bond donors (Lipinski definition) is 0. The Bertz CT molecular complexity index is 1550. The molecule has 1 aliphatic rings. The monoisotopic (exact) mass is 570 g/mol. The van der Waals surface area contributed by atoms with Gasteiger partial charge in [0.2, 0.25) is 0 Å². The zero-order valence-electron chi connectivity index (χ0n) is 25.3. The lowest BCUT2D eigenvalue weighted by Gasteiger charge is -2.36. The summed E-state index contributed by atoms with van der Waals surface area (Å²) in [4.78, 5) is 32.1. The third kappa shape index (κ3) is 6.54. The van der Waals surface area contributed by atoms with E-state index in [4.69, 9.17) is 9.15 Å². The standard InChI is InChI=1S/C34H42N4O4/c1-24(2)21-25(3)35(5)33(39)41-26(4)38-31-16-10-15-30(32(31)42-34(38)40)37-19-17-36(18-20-37)23-27-11-9-14-29(22-27)28-12-7-6-8-13-28/h6-16,22,24-26H,17-21,23H2,1-5H3. The molecule has 0 bridgehead atoms. The van der Waals surface area contributed by atoms with Crippen molar-refractivity contribution < 1.29 is 13.9 Å². The summed E-state index contributed by atoms with van der Waals surface area (Å²) in [5.41, 5.74) is 5.78. The molecule has 5 rings (SSSR count). The van der Waals surface area contributed by atoms with Crippen LogP contribution < -0.4 is 10.7 Å². The van der Waals surface area contributed by atoms with Gasteiger partial charge >= 0.3 is 11.8 Å². The molecule has 1 aliphatic heterocycles. The van der Waals surface area contributed by atoms with Gasteiger partial charge in [-0.05, 0) is 61.1 Å². The summed E-state index contributed by atoms with van der Waals surface area (Å²) in [6.07, 6.45) is -0.400. The van der Waals surface area contributed by atoms with Crippen molar-refractivity contribution in [2.45, 2.75) is 52.9 Å². The lowest BCUT2D eigenvalue weighted by atomic mass is 10.0. The summed E-state index contributed by atoms with van der Waals surface area (Å²) >= 11 is 0. The smallest absolute Gasteiger partial charge is 0.423 e. The van der Waals surface area contributed by atoms with Crippen LogP contribution in [0.15, 0.2) is 82.0 Å². The second-order valence-corrected chi connectivity index (χ2v) is 11.8. The Morgan fingerprint density at radius 2 is 1.60 bits per heavy atom. The summed E-state index contributed by atoms with van der Waals surface area (Å²) in [7, 11) is 1.73. The van der Waals surface area contributed by atoms with E-state index < -0.39 is 18.1 Å². The second kappa shape index (κ2) is 12.9. The Kier molecular flexibility index (Phi) is 9.02. The maximum absolute atomic E-state index is 13.0. The van der Waals surface area contributed by atoms with Gasteiger partial charge in [-0.15, -0.1) is 0 Å². The normalized spacial score (nSPS) is 15.6. The van der Waals surface area contributed by atoms with Gasteiger partial charge in [0.05, 0.1) is 11.2 Å². The number of carbonyl (C=O) groups is 1. The summed E-state index contributed by atoms with van der Waals surface area (Å²) in [5.74, 6) is -0.0770. The van der Waals surface area contributed by atoms with Crippen LogP contribution in [0.25, 0.3) is 22.2 Å². The van der Waals surface area contributed by atoms with E-state index in [1.807, 2.05) is 31.2 Å². The number of oxazole rings is 1. The third-order valence-corrected chi connectivity index (χ3v) is 8.17. The number of anilines is 1. The number of hydrogen-bond acceptors (Lipinski definition) is 6. The molecular formula is C34H42N4O4. The van der Waals surface area contributed by atoms with Crippen molar-refractivity contribution in [1.29, 1.82) is 0 Å². The Morgan fingerprint density at radius 1 is 0.905 bits per heavy atom. The highest BCUT2D eigenvalue weighted by molar-refractivity contribution is 5.87. The molecule has 1 fully saturated rings. The van der Waals surface area contributed by atoms with Gasteiger partial charge in [0.15, 0.2) is 11.8 Å². The molecule has 0 N–H and O–H groups in total. The van der Waals surface area contributed by atoms with Gasteiger partial charge in [-0.3, -0.25) is 4.90 Å². The van der Waals surface area contributed by atoms with Crippen LogP contribution in [0.1, 0.15) is 45.9 Å². The summed E-state index contributed by atoms with van der Waals surface area (Å²) in [6.45, 7) is 12.3. The summed E-state index contributed by atoms with van der Waals surface area (Å²) in [5, 5.41) is 0. The first-order valence-corrected chi connectivity index (χ1v) is 14.9. The summed E-state index contributed by atoms with van der Waals surface area (Å²) in [6, 6.07) is 25.0. The number of piperazine rings is 1. The number of aromatic nitrogens is 1. The minimum absolute atomic E-state index is 0.0283. The molecule has 0 spiro atoms. The minimum Gasteiger partial charge on any atom is -0.425 e. The molecule has 2 atom stereocenters. The first-order chi connectivity index (χ1) is 20.2. The van der Waals surface area contributed by atoms with Gasteiger partial charge < -0.3 is 19.0 Å². The zero-order valence-corrected chi connectivity index (χ0v) is 25.3. The van der Waals surface area contributed by atoms with E-state index in [0.29, 0.717) is 17.0 Å². The Balaban J connectivity index is 1.25. The van der Waals surface area contributed by atoms with Crippen molar-refractivity contribution >= 4 is 22.9 Å². The molecule has 1 amide bonds. The van der Waals surface area contributed by atoms with E-state index in [2.05, 4.69) is 72.2 Å². The fourth-order valence-corrected chi connectivity index (χ4v) is 5.82. The van der Waals surface area contributed by atoms with E-state index >= 15 is 0 Å². The lowest BCUT2D eigenvalue weighted by molar-refractivity contribution is 0.0337. The van der Waals surface area contributed by atoms with Crippen LogP contribution in [0.3, 0.4) is 0 Å². The number of fused-ring (bicyclic) bond motifs is 1. The molecule has 2 heterocycles.